The van der Waals surface area contributed by atoms with Crippen LogP contribution in [-0.2, 0) is 39.8 Å². The highest BCUT2D eigenvalue weighted by atomic mass is 16.6. The minimum atomic E-state index is -1.53. The van der Waals surface area contributed by atoms with Gasteiger partial charge in [-0.05, 0) is 25.6 Å². The fraction of sp³-hybridized carbons (Fsp3) is 0.318. The molecule has 0 bridgehead atoms. The van der Waals surface area contributed by atoms with Crippen molar-refractivity contribution in [1.82, 2.24) is 5.32 Å². The lowest BCUT2D eigenvalue weighted by Crippen LogP contribution is -2.38. The number of ketones is 1. The summed E-state index contributed by atoms with van der Waals surface area (Å²) in [4.78, 5) is 58.8. The van der Waals surface area contributed by atoms with E-state index in [9.17, 15) is 24.0 Å². The number of rotatable bonds is 12. The van der Waals surface area contributed by atoms with E-state index in [1.165, 1.54) is 32.2 Å². The molecule has 0 spiro atoms. The van der Waals surface area contributed by atoms with Crippen LogP contribution in [0.3, 0.4) is 0 Å². The SMILES string of the molecule is C=CNC(=O)Cc1ccc(C(=O)C(C)(C)OC(=O)CC(=O)OCCOC(=O)C=C)cc1. The zero-order valence-corrected chi connectivity index (χ0v) is 17.5. The van der Waals surface area contributed by atoms with E-state index < -0.39 is 35.7 Å². The van der Waals surface area contributed by atoms with Gasteiger partial charge in [-0.1, -0.05) is 37.4 Å². The van der Waals surface area contributed by atoms with Crippen LogP contribution in [0.1, 0.15) is 36.2 Å². The standard InChI is InChI=1S/C22H25NO8/c1-5-18(25)29-11-12-30-19(26)14-20(27)31-22(3,4)21(28)16-9-7-15(8-10-16)13-17(24)23-6-2/h5-10H,1-2,11-14H2,3-4H3,(H,23,24). The summed E-state index contributed by atoms with van der Waals surface area (Å²) in [5.41, 5.74) is -0.567. The minimum Gasteiger partial charge on any atom is -0.462 e. The number of Topliss-reactive ketones (excluding diaryl/α,β-unsaturated/α-hetero) is 1. The molecule has 0 radical (unpaired) electrons. The first-order valence-corrected chi connectivity index (χ1v) is 9.29. The summed E-state index contributed by atoms with van der Waals surface area (Å²) < 4.78 is 14.5. The van der Waals surface area contributed by atoms with E-state index in [0.29, 0.717) is 5.56 Å². The monoisotopic (exact) mass is 431 g/mol. The molecular weight excluding hydrogens is 406 g/mol. The Balaban J connectivity index is 2.56. The summed E-state index contributed by atoms with van der Waals surface area (Å²) in [5.74, 6) is -3.21. The number of hydrogen-bond donors (Lipinski definition) is 1. The summed E-state index contributed by atoms with van der Waals surface area (Å²) >= 11 is 0. The number of ether oxygens (including phenoxy) is 3. The highest BCUT2D eigenvalue weighted by molar-refractivity contribution is 6.03. The van der Waals surface area contributed by atoms with Crippen molar-refractivity contribution in [3.63, 3.8) is 0 Å². The Labute approximate surface area is 180 Å². The van der Waals surface area contributed by atoms with E-state index in [0.717, 1.165) is 6.08 Å². The number of carbonyl (C=O) groups is 5. The first-order chi connectivity index (χ1) is 14.6. The van der Waals surface area contributed by atoms with Gasteiger partial charge in [0, 0.05) is 11.6 Å². The van der Waals surface area contributed by atoms with Gasteiger partial charge in [-0.25, -0.2) is 4.79 Å². The average molecular weight is 431 g/mol. The van der Waals surface area contributed by atoms with E-state index in [1.807, 2.05) is 0 Å². The average Bonchev–Trinajstić information content (AvgIpc) is 2.70. The first-order valence-electron chi connectivity index (χ1n) is 9.29. The third kappa shape index (κ3) is 9.07. The molecule has 1 aromatic carbocycles. The smallest absolute Gasteiger partial charge is 0.330 e. The highest BCUT2D eigenvalue weighted by Crippen LogP contribution is 2.19. The Bertz CT molecular complexity index is 855. The number of amides is 1. The van der Waals surface area contributed by atoms with Gasteiger partial charge in [0.15, 0.2) is 5.60 Å². The van der Waals surface area contributed by atoms with Crippen LogP contribution >= 0.6 is 0 Å². The van der Waals surface area contributed by atoms with E-state index in [-0.39, 0.29) is 31.1 Å². The number of hydrogen-bond acceptors (Lipinski definition) is 8. The van der Waals surface area contributed by atoms with Crippen molar-refractivity contribution in [2.24, 2.45) is 0 Å². The minimum absolute atomic E-state index is 0.119. The van der Waals surface area contributed by atoms with E-state index in [2.05, 4.69) is 23.2 Å². The molecule has 0 fully saturated rings. The van der Waals surface area contributed by atoms with Crippen molar-refractivity contribution in [2.45, 2.75) is 32.3 Å². The van der Waals surface area contributed by atoms with Gasteiger partial charge in [0.2, 0.25) is 11.7 Å². The zero-order valence-electron chi connectivity index (χ0n) is 17.5. The van der Waals surface area contributed by atoms with Crippen LogP contribution in [0.4, 0.5) is 0 Å². The summed E-state index contributed by atoms with van der Waals surface area (Å²) in [5, 5.41) is 2.45. The van der Waals surface area contributed by atoms with Gasteiger partial charge in [-0.2, -0.15) is 0 Å². The topological polar surface area (TPSA) is 125 Å². The second kappa shape index (κ2) is 12.1. The predicted molar refractivity (Wildman–Crippen MR) is 110 cm³/mol. The van der Waals surface area contributed by atoms with Gasteiger partial charge in [0.25, 0.3) is 0 Å². The van der Waals surface area contributed by atoms with Crippen molar-refractivity contribution >= 4 is 29.6 Å². The molecule has 0 aliphatic heterocycles. The molecule has 166 valence electrons. The molecule has 31 heavy (non-hydrogen) atoms. The van der Waals surface area contributed by atoms with Crippen molar-refractivity contribution in [3.8, 4) is 0 Å². The lowest BCUT2D eigenvalue weighted by Gasteiger charge is -2.23. The molecule has 0 heterocycles. The lowest BCUT2D eigenvalue weighted by atomic mass is 9.95. The molecule has 1 N–H and O–H groups in total. The number of esters is 3. The van der Waals surface area contributed by atoms with Crippen LogP contribution in [-0.4, -0.2) is 48.4 Å². The van der Waals surface area contributed by atoms with Gasteiger partial charge >= 0.3 is 17.9 Å². The fourth-order valence-corrected chi connectivity index (χ4v) is 2.36. The van der Waals surface area contributed by atoms with E-state index in [4.69, 9.17) is 9.47 Å². The molecule has 1 rings (SSSR count). The second-order valence-electron chi connectivity index (χ2n) is 6.73. The van der Waals surface area contributed by atoms with E-state index >= 15 is 0 Å². The number of nitrogens with one attached hydrogen (secondary N) is 1. The fourth-order valence-electron chi connectivity index (χ4n) is 2.36. The number of benzene rings is 1. The van der Waals surface area contributed by atoms with Crippen molar-refractivity contribution in [3.05, 3.63) is 60.8 Å². The first kappa shape index (κ1) is 25.3. The normalized spacial score (nSPS) is 10.4. The van der Waals surface area contributed by atoms with Crippen molar-refractivity contribution in [1.29, 1.82) is 0 Å². The molecule has 0 aliphatic carbocycles. The Morgan fingerprint density at radius 2 is 1.58 bits per heavy atom. The maximum atomic E-state index is 12.7. The molecule has 9 nitrogen and oxygen atoms in total. The van der Waals surface area contributed by atoms with E-state index in [1.54, 1.807) is 12.1 Å². The van der Waals surface area contributed by atoms with Crippen LogP contribution in [0.2, 0.25) is 0 Å². The van der Waals surface area contributed by atoms with Crippen LogP contribution in [0, 0.1) is 0 Å². The zero-order chi connectivity index (χ0) is 23.4. The second-order valence-corrected chi connectivity index (χ2v) is 6.73. The molecular formula is C22H25NO8. The van der Waals surface area contributed by atoms with Gasteiger partial charge in [-0.15, -0.1) is 0 Å². The van der Waals surface area contributed by atoms with Gasteiger partial charge in [-0.3, -0.25) is 19.2 Å². The Morgan fingerprint density at radius 3 is 2.16 bits per heavy atom. The highest BCUT2D eigenvalue weighted by Gasteiger charge is 2.33. The Kier molecular flexibility index (Phi) is 9.84. The maximum Gasteiger partial charge on any atom is 0.330 e. The molecule has 0 atom stereocenters. The molecule has 0 aliphatic rings. The lowest BCUT2D eigenvalue weighted by molar-refractivity contribution is -0.161. The van der Waals surface area contributed by atoms with Crippen LogP contribution in [0.5, 0.6) is 0 Å². The molecule has 0 saturated heterocycles. The molecule has 0 unspecified atom stereocenters. The van der Waals surface area contributed by atoms with Gasteiger partial charge in [0.1, 0.15) is 19.6 Å². The summed E-state index contributed by atoms with van der Waals surface area (Å²) in [6.45, 7) is 9.02. The van der Waals surface area contributed by atoms with Crippen molar-refractivity contribution in [2.75, 3.05) is 13.2 Å². The molecule has 9 heteroatoms. The molecule has 1 amide bonds. The Hall–Kier alpha value is -3.75. The van der Waals surface area contributed by atoms with Crippen LogP contribution in [0.15, 0.2) is 49.7 Å². The number of carbonyl (C=O) groups excluding carboxylic acids is 5. The van der Waals surface area contributed by atoms with Crippen LogP contribution in [0.25, 0.3) is 0 Å². The van der Waals surface area contributed by atoms with Crippen molar-refractivity contribution < 1.29 is 38.2 Å². The summed E-state index contributed by atoms with van der Waals surface area (Å²) in [6.07, 6.45) is 1.66. The van der Waals surface area contributed by atoms with Gasteiger partial charge in [0.05, 0.1) is 6.42 Å². The quantitative estimate of drug-likeness (QED) is 0.132. The molecule has 0 aromatic heterocycles. The molecule has 0 saturated carbocycles. The predicted octanol–water partition coefficient (Wildman–Crippen LogP) is 1.66. The summed E-state index contributed by atoms with van der Waals surface area (Å²) in [7, 11) is 0. The van der Waals surface area contributed by atoms with Gasteiger partial charge < -0.3 is 19.5 Å². The Morgan fingerprint density at radius 1 is 0.968 bits per heavy atom. The largest absolute Gasteiger partial charge is 0.462 e. The maximum absolute atomic E-state index is 12.7. The third-order valence-electron chi connectivity index (χ3n) is 3.81. The third-order valence-corrected chi connectivity index (χ3v) is 3.81. The summed E-state index contributed by atoms with van der Waals surface area (Å²) in [6, 6.07) is 6.27. The molecule has 1 aromatic rings. The van der Waals surface area contributed by atoms with Crippen LogP contribution < -0.4 is 5.32 Å².